The first-order valence-electron chi connectivity index (χ1n) is 8.52. The third kappa shape index (κ3) is 2.83. The molecule has 0 spiro atoms. The molecule has 0 fully saturated rings. The number of amides is 1. The van der Waals surface area contributed by atoms with Crippen LogP contribution in [0.1, 0.15) is 34.0 Å². The minimum atomic E-state index is -0.275. The van der Waals surface area contributed by atoms with Crippen molar-refractivity contribution in [2.45, 2.75) is 25.7 Å². The van der Waals surface area contributed by atoms with Crippen molar-refractivity contribution in [3.63, 3.8) is 0 Å². The van der Waals surface area contributed by atoms with E-state index in [1.165, 1.54) is 17.7 Å². The van der Waals surface area contributed by atoms with Crippen LogP contribution in [0.25, 0.3) is 21.0 Å². The lowest BCUT2D eigenvalue weighted by Crippen LogP contribution is -2.10. The highest BCUT2D eigenvalue weighted by molar-refractivity contribution is 7.21. The molecule has 1 aliphatic rings. The van der Waals surface area contributed by atoms with Gasteiger partial charge in [-0.1, -0.05) is 12.1 Å². The first-order chi connectivity index (χ1) is 12.8. The van der Waals surface area contributed by atoms with Crippen molar-refractivity contribution in [1.29, 1.82) is 0 Å². The molecule has 7 heteroatoms. The maximum absolute atomic E-state index is 12.5. The summed E-state index contributed by atoms with van der Waals surface area (Å²) in [5.41, 5.74) is 2.06. The molecule has 0 saturated heterocycles. The third-order valence-electron chi connectivity index (χ3n) is 4.40. The maximum atomic E-state index is 12.5. The molecule has 1 amide bonds. The van der Waals surface area contributed by atoms with Crippen LogP contribution in [0, 0.1) is 0 Å². The summed E-state index contributed by atoms with van der Waals surface area (Å²) < 4.78 is 6.84. The first kappa shape index (κ1) is 15.7. The average molecular weight is 381 g/mol. The van der Waals surface area contributed by atoms with E-state index in [1.807, 2.05) is 24.3 Å². The van der Waals surface area contributed by atoms with Gasteiger partial charge in [-0.05, 0) is 49.9 Å². The lowest BCUT2D eigenvalue weighted by atomic mass is 10.0. The molecule has 0 radical (unpaired) electrons. The van der Waals surface area contributed by atoms with Gasteiger partial charge in [0.05, 0.1) is 15.9 Å². The Labute approximate surface area is 157 Å². The monoisotopic (exact) mass is 381 g/mol. The molecule has 0 bridgehead atoms. The van der Waals surface area contributed by atoms with Gasteiger partial charge in [-0.3, -0.25) is 10.1 Å². The first-order valence-corrected chi connectivity index (χ1v) is 10.2. The lowest BCUT2D eigenvalue weighted by molar-refractivity contribution is 0.0997. The predicted octanol–water partition coefficient (Wildman–Crippen LogP) is 5.14. The van der Waals surface area contributed by atoms with Crippen LogP contribution in [0.4, 0.5) is 5.13 Å². The number of carbonyl (C=O) groups excluding carboxylic acids is 1. The van der Waals surface area contributed by atoms with Gasteiger partial charge in [-0.2, -0.15) is 0 Å². The molecule has 1 aromatic carbocycles. The van der Waals surface area contributed by atoms with Gasteiger partial charge >= 0.3 is 0 Å². The number of hydrogen-bond acceptors (Lipinski definition) is 6. The number of aryl methyl sites for hydroxylation is 2. The van der Waals surface area contributed by atoms with Crippen molar-refractivity contribution in [1.82, 2.24) is 9.97 Å². The fraction of sp³-hybridized carbons (Fsp3) is 0.211. The second-order valence-electron chi connectivity index (χ2n) is 6.20. The number of thiazole rings is 2. The van der Waals surface area contributed by atoms with E-state index in [9.17, 15) is 4.79 Å². The second-order valence-corrected chi connectivity index (χ2v) is 8.32. The van der Waals surface area contributed by atoms with Gasteiger partial charge in [0, 0.05) is 4.88 Å². The van der Waals surface area contributed by atoms with E-state index in [0.29, 0.717) is 10.9 Å². The lowest BCUT2D eigenvalue weighted by Gasteiger charge is -2.06. The molecule has 1 N–H and O–H groups in total. The van der Waals surface area contributed by atoms with Crippen molar-refractivity contribution in [2.75, 3.05) is 5.32 Å². The number of carbonyl (C=O) groups is 1. The highest BCUT2D eigenvalue weighted by atomic mass is 32.1. The Morgan fingerprint density at radius 1 is 1.04 bits per heavy atom. The van der Waals surface area contributed by atoms with Gasteiger partial charge in [0.25, 0.3) is 5.91 Å². The van der Waals surface area contributed by atoms with E-state index in [0.717, 1.165) is 33.8 Å². The minimum Gasteiger partial charge on any atom is -0.448 e. The van der Waals surface area contributed by atoms with E-state index < -0.39 is 0 Å². The van der Waals surface area contributed by atoms with Crippen LogP contribution in [0.2, 0.25) is 0 Å². The molecule has 0 unspecified atom stereocenters. The zero-order valence-corrected chi connectivity index (χ0v) is 15.5. The number of hydrogen-bond donors (Lipinski definition) is 1. The van der Waals surface area contributed by atoms with Crippen LogP contribution < -0.4 is 5.32 Å². The van der Waals surface area contributed by atoms with Gasteiger partial charge < -0.3 is 4.42 Å². The number of furan rings is 1. The van der Waals surface area contributed by atoms with Gasteiger partial charge in [0.2, 0.25) is 0 Å². The smallest absolute Gasteiger partial charge is 0.293 e. The topological polar surface area (TPSA) is 68.0 Å². The molecule has 5 nitrogen and oxygen atoms in total. The number of nitrogens with one attached hydrogen (secondary N) is 1. The number of anilines is 1. The molecule has 4 aromatic rings. The molecular weight excluding hydrogens is 366 g/mol. The summed E-state index contributed by atoms with van der Waals surface area (Å²) >= 11 is 3.12. The number of nitrogens with zero attached hydrogens (tertiary/aromatic N) is 2. The van der Waals surface area contributed by atoms with Crippen molar-refractivity contribution in [2.24, 2.45) is 0 Å². The Hall–Kier alpha value is -2.51. The summed E-state index contributed by atoms with van der Waals surface area (Å²) in [6, 6.07) is 11.4. The SMILES string of the molecule is O=C(Nc1nc2c(s1)CCCC2)c1ccc(-c2nc3ccccc3s2)o1. The Balaban J connectivity index is 1.37. The summed E-state index contributed by atoms with van der Waals surface area (Å²) in [5, 5.41) is 4.29. The number of fused-ring (bicyclic) bond motifs is 2. The maximum Gasteiger partial charge on any atom is 0.293 e. The molecule has 26 heavy (non-hydrogen) atoms. The Morgan fingerprint density at radius 3 is 2.81 bits per heavy atom. The predicted molar refractivity (Wildman–Crippen MR) is 104 cm³/mol. The number of aromatic nitrogens is 2. The largest absolute Gasteiger partial charge is 0.448 e. The highest BCUT2D eigenvalue weighted by Gasteiger charge is 2.19. The zero-order chi connectivity index (χ0) is 17.5. The molecule has 0 saturated carbocycles. The van der Waals surface area contributed by atoms with E-state index in [2.05, 4.69) is 15.3 Å². The van der Waals surface area contributed by atoms with E-state index in [4.69, 9.17) is 4.42 Å². The van der Waals surface area contributed by atoms with Crippen molar-refractivity contribution in [3.8, 4) is 10.8 Å². The number of para-hydroxylation sites is 1. The zero-order valence-electron chi connectivity index (χ0n) is 13.8. The Kier molecular flexibility index (Phi) is 3.83. The second kappa shape index (κ2) is 6.34. The van der Waals surface area contributed by atoms with Crippen molar-refractivity contribution >= 4 is 43.9 Å². The van der Waals surface area contributed by atoms with Crippen LogP contribution in [0.15, 0.2) is 40.8 Å². The average Bonchev–Trinajstić information content (AvgIpc) is 3.37. The van der Waals surface area contributed by atoms with Crippen molar-refractivity contribution < 1.29 is 9.21 Å². The summed E-state index contributed by atoms with van der Waals surface area (Å²) in [6.45, 7) is 0. The quantitative estimate of drug-likeness (QED) is 0.533. The Morgan fingerprint density at radius 2 is 1.92 bits per heavy atom. The molecule has 0 atom stereocenters. The number of rotatable bonds is 3. The molecule has 130 valence electrons. The van der Waals surface area contributed by atoms with E-state index in [-0.39, 0.29) is 11.7 Å². The fourth-order valence-electron chi connectivity index (χ4n) is 3.12. The van der Waals surface area contributed by atoms with Gasteiger partial charge in [0.15, 0.2) is 21.7 Å². The van der Waals surface area contributed by atoms with Crippen LogP contribution in [-0.2, 0) is 12.8 Å². The molecule has 0 aliphatic heterocycles. The van der Waals surface area contributed by atoms with Gasteiger partial charge in [-0.25, -0.2) is 9.97 Å². The van der Waals surface area contributed by atoms with Crippen LogP contribution in [0.3, 0.4) is 0 Å². The molecule has 1 aliphatic carbocycles. The van der Waals surface area contributed by atoms with Gasteiger partial charge in [0.1, 0.15) is 0 Å². The third-order valence-corrected chi connectivity index (χ3v) is 6.52. The normalized spacial score (nSPS) is 13.7. The Bertz CT molecular complexity index is 1050. The number of benzene rings is 1. The summed E-state index contributed by atoms with van der Waals surface area (Å²) in [6.07, 6.45) is 4.44. The van der Waals surface area contributed by atoms with Crippen molar-refractivity contribution in [3.05, 3.63) is 52.7 Å². The van der Waals surface area contributed by atoms with Crippen LogP contribution in [-0.4, -0.2) is 15.9 Å². The summed E-state index contributed by atoms with van der Waals surface area (Å²) in [7, 11) is 0. The highest BCUT2D eigenvalue weighted by Crippen LogP contribution is 2.32. The molecule has 3 aromatic heterocycles. The van der Waals surface area contributed by atoms with Crippen LogP contribution >= 0.6 is 22.7 Å². The molecular formula is C19H15N3O2S2. The van der Waals surface area contributed by atoms with E-state index in [1.54, 1.807) is 34.8 Å². The standard InChI is InChI=1S/C19H15N3O2S2/c23-17(22-19-21-12-6-2-4-8-16(12)26-19)13-9-10-14(24-13)18-20-11-5-1-3-7-15(11)25-18/h1,3,5,7,9-10H,2,4,6,8H2,(H,21,22,23). The molecule has 3 heterocycles. The van der Waals surface area contributed by atoms with Gasteiger partial charge in [-0.15, -0.1) is 22.7 Å². The minimum absolute atomic E-state index is 0.271. The molecule has 5 rings (SSSR count). The van der Waals surface area contributed by atoms with E-state index >= 15 is 0 Å². The summed E-state index contributed by atoms with van der Waals surface area (Å²) in [4.78, 5) is 22.9. The fourth-order valence-corrected chi connectivity index (χ4v) is 5.09. The summed E-state index contributed by atoms with van der Waals surface area (Å²) in [5.74, 6) is 0.602. The van der Waals surface area contributed by atoms with Crippen LogP contribution in [0.5, 0.6) is 0 Å².